The van der Waals surface area contributed by atoms with Gasteiger partial charge in [0.25, 0.3) is 0 Å². The highest BCUT2D eigenvalue weighted by Crippen LogP contribution is 2.33. The molecular weight excluding hydrogens is 248 g/mol. The van der Waals surface area contributed by atoms with Gasteiger partial charge in [0.15, 0.2) is 0 Å². The van der Waals surface area contributed by atoms with Gasteiger partial charge in [0, 0.05) is 44.2 Å². The van der Waals surface area contributed by atoms with Gasteiger partial charge in [0.05, 0.1) is 6.61 Å². The lowest BCUT2D eigenvalue weighted by Crippen LogP contribution is -2.43. The van der Waals surface area contributed by atoms with Crippen molar-refractivity contribution >= 4 is 0 Å². The van der Waals surface area contributed by atoms with E-state index in [1.807, 2.05) is 0 Å². The summed E-state index contributed by atoms with van der Waals surface area (Å²) in [6.45, 7) is 6.39. The fraction of sp³-hybridized carbons (Fsp3) is 0.647. The molecule has 1 saturated heterocycles. The first kappa shape index (κ1) is 12.8. The standard InChI is InChI=1S/C17H24N2O/c1-2-4-15-10-19(9-14(15)3-1)12-17(7-8-20-13-17)11-18-16-5-6-16/h1-4,16,18H,5-13H2. The van der Waals surface area contributed by atoms with E-state index in [1.54, 1.807) is 0 Å². The number of nitrogens with zero attached hydrogens (tertiary/aromatic N) is 1. The van der Waals surface area contributed by atoms with Gasteiger partial charge >= 0.3 is 0 Å². The van der Waals surface area contributed by atoms with Crippen LogP contribution in [-0.2, 0) is 17.8 Å². The maximum absolute atomic E-state index is 5.73. The van der Waals surface area contributed by atoms with Gasteiger partial charge in [-0.2, -0.15) is 0 Å². The Kier molecular flexibility index (Phi) is 3.29. The molecule has 0 bridgehead atoms. The van der Waals surface area contributed by atoms with Crippen LogP contribution in [0.3, 0.4) is 0 Å². The Hall–Kier alpha value is -0.900. The molecule has 2 aliphatic heterocycles. The number of hydrogen-bond acceptors (Lipinski definition) is 3. The molecule has 2 heterocycles. The molecule has 0 aromatic heterocycles. The third kappa shape index (κ3) is 2.62. The summed E-state index contributed by atoms with van der Waals surface area (Å²) in [7, 11) is 0. The molecule has 1 unspecified atom stereocenters. The predicted molar refractivity (Wildman–Crippen MR) is 79.4 cm³/mol. The molecular formula is C17H24N2O. The molecule has 0 amide bonds. The van der Waals surface area contributed by atoms with Crippen LogP contribution in [0.15, 0.2) is 24.3 Å². The second kappa shape index (κ2) is 5.14. The van der Waals surface area contributed by atoms with E-state index in [4.69, 9.17) is 4.74 Å². The van der Waals surface area contributed by atoms with Gasteiger partial charge in [-0.15, -0.1) is 0 Å². The van der Waals surface area contributed by atoms with Crippen molar-refractivity contribution < 1.29 is 4.74 Å². The zero-order valence-corrected chi connectivity index (χ0v) is 12.1. The molecule has 1 N–H and O–H groups in total. The minimum Gasteiger partial charge on any atom is -0.381 e. The van der Waals surface area contributed by atoms with E-state index in [-0.39, 0.29) is 0 Å². The minimum absolute atomic E-state index is 0.338. The average Bonchev–Trinajstić information content (AvgIpc) is 3.03. The minimum atomic E-state index is 0.338. The summed E-state index contributed by atoms with van der Waals surface area (Å²) in [5.41, 5.74) is 3.36. The SMILES string of the molecule is c1ccc2c(c1)CN(CC1(CNC3CC3)CCOC1)C2. The maximum Gasteiger partial charge on any atom is 0.0547 e. The van der Waals surface area contributed by atoms with E-state index >= 15 is 0 Å². The molecule has 1 atom stereocenters. The van der Waals surface area contributed by atoms with E-state index in [2.05, 4.69) is 34.5 Å². The van der Waals surface area contributed by atoms with Crippen LogP contribution >= 0.6 is 0 Å². The summed E-state index contributed by atoms with van der Waals surface area (Å²) in [4.78, 5) is 2.61. The van der Waals surface area contributed by atoms with Crippen molar-refractivity contribution in [3.8, 4) is 0 Å². The normalized spacial score (nSPS) is 29.8. The predicted octanol–water partition coefficient (Wildman–Crippen LogP) is 2.16. The molecule has 1 aliphatic carbocycles. The van der Waals surface area contributed by atoms with Crippen molar-refractivity contribution in [2.24, 2.45) is 5.41 Å². The van der Waals surface area contributed by atoms with Crippen molar-refractivity contribution in [3.63, 3.8) is 0 Å². The van der Waals surface area contributed by atoms with Crippen LogP contribution in [0, 0.1) is 5.41 Å². The number of rotatable bonds is 5. The molecule has 0 spiro atoms. The quantitative estimate of drug-likeness (QED) is 0.889. The van der Waals surface area contributed by atoms with Crippen LogP contribution in [0.2, 0.25) is 0 Å². The number of fused-ring (bicyclic) bond motifs is 1. The Morgan fingerprint density at radius 2 is 1.95 bits per heavy atom. The van der Waals surface area contributed by atoms with Gasteiger partial charge in [-0.25, -0.2) is 0 Å². The zero-order valence-electron chi connectivity index (χ0n) is 12.1. The lowest BCUT2D eigenvalue weighted by Gasteiger charge is -2.32. The summed E-state index contributed by atoms with van der Waals surface area (Å²) in [5, 5.41) is 3.73. The van der Waals surface area contributed by atoms with Gasteiger partial charge in [0.1, 0.15) is 0 Å². The molecule has 3 nitrogen and oxygen atoms in total. The molecule has 3 aliphatic rings. The van der Waals surface area contributed by atoms with Gasteiger partial charge in [-0.3, -0.25) is 4.90 Å². The van der Waals surface area contributed by atoms with Gasteiger partial charge in [-0.05, 0) is 30.4 Å². The monoisotopic (exact) mass is 272 g/mol. The van der Waals surface area contributed by atoms with Crippen molar-refractivity contribution in [2.45, 2.75) is 38.4 Å². The molecule has 2 fully saturated rings. The van der Waals surface area contributed by atoms with Crippen LogP contribution < -0.4 is 5.32 Å². The molecule has 3 heteroatoms. The van der Waals surface area contributed by atoms with Crippen molar-refractivity contribution in [3.05, 3.63) is 35.4 Å². The Bertz CT molecular complexity index is 453. The second-order valence-electron chi connectivity index (χ2n) is 6.87. The number of hydrogen-bond donors (Lipinski definition) is 1. The second-order valence-corrected chi connectivity index (χ2v) is 6.87. The van der Waals surface area contributed by atoms with Crippen molar-refractivity contribution in [1.82, 2.24) is 10.2 Å². The number of ether oxygens (including phenoxy) is 1. The molecule has 1 saturated carbocycles. The molecule has 1 aromatic rings. The topological polar surface area (TPSA) is 24.5 Å². The average molecular weight is 272 g/mol. The van der Waals surface area contributed by atoms with Crippen LogP contribution in [0.25, 0.3) is 0 Å². The smallest absolute Gasteiger partial charge is 0.0547 e. The third-order valence-electron chi connectivity index (χ3n) is 4.99. The fourth-order valence-corrected chi connectivity index (χ4v) is 3.61. The Balaban J connectivity index is 1.41. The Morgan fingerprint density at radius 3 is 2.55 bits per heavy atom. The molecule has 1 aromatic carbocycles. The van der Waals surface area contributed by atoms with Crippen LogP contribution in [0.5, 0.6) is 0 Å². The first-order valence-corrected chi connectivity index (χ1v) is 7.93. The first-order valence-electron chi connectivity index (χ1n) is 7.93. The van der Waals surface area contributed by atoms with Crippen LogP contribution in [0.4, 0.5) is 0 Å². The summed E-state index contributed by atoms with van der Waals surface area (Å²) in [6.07, 6.45) is 3.94. The van der Waals surface area contributed by atoms with Crippen molar-refractivity contribution in [1.29, 1.82) is 0 Å². The lowest BCUT2D eigenvalue weighted by molar-refractivity contribution is 0.107. The van der Waals surface area contributed by atoms with Gasteiger partial charge in [-0.1, -0.05) is 24.3 Å². The highest BCUT2D eigenvalue weighted by Gasteiger charge is 2.39. The first-order chi connectivity index (χ1) is 9.83. The van der Waals surface area contributed by atoms with E-state index in [9.17, 15) is 0 Å². The fourth-order valence-electron chi connectivity index (χ4n) is 3.61. The molecule has 20 heavy (non-hydrogen) atoms. The highest BCUT2D eigenvalue weighted by atomic mass is 16.5. The highest BCUT2D eigenvalue weighted by molar-refractivity contribution is 5.30. The summed E-state index contributed by atoms with van der Waals surface area (Å²) in [6, 6.07) is 9.66. The van der Waals surface area contributed by atoms with E-state index in [0.29, 0.717) is 5.41 Å². The van der Waals surface area contributed by atoms with E-state index in [0.717, 1.165) is 38.9 Å². The van der Waals surface area contributed by atoms with E-state index < -0.39 is 0 Å². The van der Waals surface area contributed by atoms with Crippen molar-refractivity contribution in [2.75, 3.05) is 26.3 Å². The van der Waals surface area contributed by atoms with Crippen LogP contribution in [-0.4, -0.2) is 37.2 Å². The van der Waals surface area contributed by atoms with E-state index in [1.165, 1.54) is 36.9 Å². The summed E-state index contributed by atoms with van der Waals surface area (Å²) < 4.78 is 5.73. The van der Waals surface area contributed by atoms with Crippen LogP contribution in [0.1, 0.15) is 30.4 Å². The maximum atomic E-state index is 5.73. The lowest BCUT2D eigenvalue weighted by atomic mass is 9.86. The van der Waals surface area contributed by atoms with Gasteiger partial charge in [0.2, 0.25) is 0 Å². The zero-order chi connectivity index (χ0) is 13.4. The number of benzene rings is 1. The molecule has 4 rings (SSSR count). The molecule has 108 valence electrons. The molecule has 0 radical (unpaired) electrons. The Labute approximate surface area is 121 Å². The largest absolute Gasteiger partial charge is 0.381 e. The summed E-state index contributed by atoms with van der Waals surface area (Å²) >= 11 is 0. The third-order valence-corrected chi connectivity index (χ3v) is 4.99. The summed E-state index contributed by atoms with van der Waals surface area (Å²) in [5.74, 6) is 0. The Morgan fingerprint density at radius 1 is 1.20 bits per heavy atom. The number of nitrogens with one attached hydrogen (secondary N) is 1. The van der Waals surface area contributed by atoms with Gasteiger partial charge < -0.3 is 10.1 Å².